The van der Waals surface area contributed by atoms with Crippen LogP contribution >= 0.6 is 0 Å². The summed E-state index contributed by atoms with van der Waals surface area (Å²) in [7, 11) is -4.21. The molecule has 0 spiro atoms. The topological polar surface area (TPSA) is 154 Å². The van der Waals surface area contributed by atoms with Gasteiger partial charge in [-0.1, -0.05) is 31.2 Å². The van der Waals surface area contributed by atoms with Crippen LogP contribution in [0.15, 0.2) is 47.4 Å². The molecular weight excluding hydrogens is 508 g/mol. The Morgan fingerprint density at radius 1 is 1.08 bits per heavy atom. The Morgan fingerprint density at radius 3 is 2.34 bits per heavy atom. The van der Waals surface area contributed by atoms with Crippen molar-refractivity contribution in [3.63, 3.8) is 0 Å². The first-order chi connectivity index (χ1) is 17.9. The molecule has 3 rings (SSSR count). The molecule has 0 saturated heterocycles. The average molecular weight is 543 g/mol. The maximum absolute atomic E-state index is 13.2. The third-order valence-corrected chi connectivity index (χ3v) is 7.06. The summed E-state index contributed by atoms with van der Waals surface area (Å²) in [4.78, 5) is 20.1. The molecule has 1 unspecified atom stereocenters. The van der Waals surface area contributed by atoms with Crippen molar-refractivity contribution < 1.29 is 27.8 Å². The van der Waals surface area contributed by atoms with Crippen molar-refractivity contribution in [2.45, 2.75) is 58.1 Å². The van der Waals surface area contributed by atoms with Crippen LogP contribution in [0.2, 0.25) is 0 Å². The molecule has 38 heavy (non-hydrogen) atoms. The highest BCUT2D eigenvalue weighted by Gasteiger charge is 2.23. The Hall–Kier alpha value is -3.54. The van der Waals surface area contributed by atoms with Crippen molar-refractivity contribution in [1.29, 1.82) is 0 Å². The number of nitrogens with two attached hydrogens (primary N) is 1. The lowest BCUT2D eigenvalue weighted by Crippen LogP contribution is -2.34. The summed E-state index contributed by atoms with van der Waals surface area (Å²) in [6.45, 7) is 10.0. The molecule has 3 aromatic rings. The number of anilines is 1. The number of ether oxygens (including phenoxy) is 2. The van der Waals surface area contributed by atoms with Crippen molar-refractivity contribution in [3.8, 4) is 17.1 Å². The highest BCUT2D eigenvalue weighted by Crippen LogP contribution is 2.34. The third-order valence-electron chi connectivity index (χ3n) is 5.74. The monoisotopic (exact) mass is 542 g/mol. The summed E-state index contributed by atoms with van der Waals surface area (Å²) >= 11 is 0. The lowest BCUT2D eigenvalue weighted by Gasteiger charge is -2.20. The molecule has 11 heteroatoms. The van der Waals surface area contributed by atoms with Gasteiger partial charge in [0.2, 0.25) is 11.8 Å². The van der Waals surface area contributed by atoms with E-state index in [0.717, 1.165) is 22.8 Å². The van der Waals surface area contributed by atoms with Crippen molar-refractivity contribution in [1.82, 2.24) is 9.97 Å². The maximum Gasteiger partial charge on any atom is 0.335 e. The smallest absolute Gasteiger partial charge is 0.335 e. The van der Waals surface area contributed by atoms with Gasteiger partial charge in [0.25, 0.3) is 10.0 Å². The van der Waals surface area contributed by atoms with Crippen molar-refractivity contribution >= 4 is 21.9 Å². The average Bonchev–Trinajstić information content (AvgIpc) is 2.85. The first-order valence-electron chi connectivity index (χ1n) is 12.3. The maximum atomic E-state index is 13.2. The Balaban J connectivity index is 2.08. The van der Waals surface area contributed by atoms with Gasteiger partial charge in [0.05, 0.1) is 34.9 Å². The number of aromatic nitrogens is 2. The van der Waals surface area contributed by atoms with Crippen LogP contribution in [0.5, 0.6) is 5.88 Å². The van der Waals surface area contributed by atoms with Crippen LogP contribution in [-0.4, -0.2) is 54.8 Å². The number of nitrogens with zero attached hydrogens (tertiary/aromatic N) is 2. The summed E-state index contributed by atoms with van der Waals surface area (Å²) in [5.74, 6) is -1.24. The van der Waals surface area contributed by atoms with Gasteiger partial charge >= 0.3 is 5.97 Å². The first-order valence-corrected chi connectivity index (χ1v) is 13.7. The molecule has 2 aromatic carbocycles. The second kappa shape index (κ2) is 12.3. The van der Waals surface area contributed by atoms with Crippen LogP contribution in [0.3, 0.4) is 0 Å². The van der Waals surface area contributed by atoms with Gasteiger partial charge in [0, 0.05) is 11.1 Å². The molecule has 1 heterocycles. The van der Waals surface area contributed by atoms with Crippen LogP contribution in [0.25, 0.3) is 11.3 Å². The van der Waals surface area contributed by atoms with Gasteiger partial charge in [-0.15, -0.1) is 0 Å². The fourth-order valence-corrected chi connectivity index (χ4v) is 4.86. The molecule has 204 valence electrons. The predicted molar refractivity (Wildman–Crippen MR) is 145 cm³/mol. The Morgan fingerprint density at radius 2 is 1.74 bits per heavy atom. The third kappa shape index (κ3) is 7.06. The quantitative estimate of drug-likeness (QED) is 0.309. The lowest BCUT2D eigenvalue weighted by molar-refractivity contribution is 0.0582. The number of nitrogens with one attached hydrogen (secondary N) is 1. The summed E-state index contributed by atoms with van der Waals surface area (Å²) in [5.41, 5.74) is 9.99. The molecule has 0 fully saturated rings. The molecule has 1 atom stereocenters. The van der Waals surface area contributed by atoms with Crippen LogP contribution in [0, 0.1) is 13.8 Å². The Kier molecular flexibility index (Phi) is 9.42. The number of aromatic carboxylic acids is 1. The molecule has 0 aliphatic carbocycles. The lowest BCUT2D eigenvalue weighted by atomic mass is 9.96. The van der Waals surface area contributed by atoms with E-state index in [-0.39, 0.29) is 41.6 Å². The number of hydrogen-bond acceptors (Lipinski definition) is 8. The molecular formula is C27H34N4O6S. The van der Waals surface area contributed by atoms with E-state index in [2.05, 4.69) is 14.7 Å². The zero-order valence-corrected chi connectivity index (χ0v) is 23.0. The standard InChI is InChI=1S/C27H34N4O6S/c1-6-22-24(23-17(4)9-7-10-18(23)5)29-27(30-25(22)37-15-20(28)14-36-16(2)3)31-38(34,35)21-12-8-11-19(13-21)26(32)33/h7-13,16,20H,6,14-15,28H2,1-5H3,(H,32,33)(H,29,30,31). The fourth-order valence-electron chi connectivity index (χ4n) is 3.87. The van der Waals surface area contributed by atoms with Gasteiger partial charge in [0.15, 0.2) is 0 Å². The zero-order valence-electron chi connectivity index (χ0n) is 22.2. The van der Waals surface area contributed by atoms with E-state index < -0.39 is 22.0 Å². The molecule has 0 bridgehead atoms. The molecule has 0 aliphatic heterocycles. The van der Waals surface area contributed by atoms with E-state index in [1.165, 1.54) is 18.2 Å². The first kappa shape index (κ1) is 29.0. The highest BCUT2D eigenvalue weighted by molar-refractivity contribution is 7.92. The molecule has 1 aromatic heterocycles. The van der Waals surface area contributed by atoms with E-state index in [1.807, 2.05) is 52.8 Å². The van der Waals surface area contributed by atoms with Gasteiger partial charge in [0.1, 0.15) is 6.61 Å². The van der Waals surface area contributed by atoms with E-state index in [0.29, 0.717) is 17.7 Å². The number of aryl methyl sites for hydroxylation is 2. The number of hydrogen-bond donors (Lipinski definition) is 3. The second-order valence-electron chi connectivity index (χ2n) is 9.19. The summed E-state index contributed by atoms with van der Waals surface area (Å²) in [6.07, 6.45) is 0.534. The van der Waals surface area contributed by atoms with Gasteiger partial charge in [-0.2, -0.15) is 4.98 Å². The van der Waals surface area contributed by atoms with Gasteiger partial charge < -0.3 is 20.3 Å². The van der Waals surface area contributed by atoms with E-state index in [1.54, 1.807) is 0 Å². The van der Waals surface area contributed by atoms with Crippen molar-refractivity contribution in [2.75, 3.05) is 17.9 Å². The molecule has 10 nitrogen and oxygen atoms in total. The summed E-state index contributed by atoms with van der Waals surface area (Å²) < 4.78 is 40.3. The number of carboxylic acids is 1. The van der Waals surface area contributed by atoms with E-state index >= 15 is 0 Å². The number of carbonyl (C=O) groups is 1. The Labute approximate surface area is 223 Å². The number of sulfonamides is 1. The minimum absolute atomic E-state index is 0.0163. The number of benzene rings is 2. The second-order valence-corrected chi connectivity index (χ2v) is 10.9. The van der Waals surface area contributed by atoms with Crippen LogP contribution in [-0.2, 0) is 21.2 Å². The molecule has 0 radical (unpaired) electrons. The predicted octanol–water partition coefficient (Wildman–Crippen LogP) is 3.95. The molecule has 0 aliphatic rings. The normalized spacial score (nSPS) is 12.4. The SMILES string of the molecule is CCc1c(OCC(N)COC(C)C)nc(NS(=O)(=O)c2cccc(C(=O)O)c2)nc1-c1c(C)cccc1C. The molecule has 0 saturated carbocycles. The van der Waals surface area contributed by atoms with Gasteiger partial charge in [-0.3, -0.25) is 0 Å². The van der Waals surface area contributed by atoms with Crippen molar-refractivity contribution in [2.24, 2.45) is 5.73 Å². The summed E-state index contributed by atoms with van der Waals surface area (Å²) in [6, 6.07) is 10.4. The van der Waals surface area contributed by atoms with Gasteiger partial charge in [-0.05, 0) is 63.4 Å². The van der Waals surface area contributed by atoms with Crippen LogP contribution in [0.1, 0.15) is 47.8 Å². The Bertz CT molecular complexity index is 1390. The fraction of sp³-hybridized carbons (Fsp3) is 0.370. The largest absolute Gasteiger partial charge is 0.478 e. The molecule has 4 N–H and O–H groups in total. The van der Waals surface area contributed by atoms with Crippen LogP contribution in [0.4, 0.5) is 5.95 Å². The summed E-state index contributed by atoms with van der Waals surface area (Å²) in [5, 5.41) is 9.27. The van der Waals surface area contributed by atoms with Gasteiger partial charge in [-0.25, -0.2) is 22.9 Å². The molecule has 0 amide bonds. The minimum Gasteiger partial charge on any atom is -0.478 e. The minimum atomic E-state index is -4.21. The zero-order chi connectivity index (χ0) is 28.0. The van der Waals surface area contributed by atoms with E-state index in [9.17, 15) is 18.3 Å². The van der Waals surface area contributed by atoms with E-state index in [4.69, 9.17) is 15.2 Å². The number of rotatable bonds is 12. The van der Waals surface area contributed by atoms with Crippen LogP contribution < -0.4 is 15.2 Å². The van der Waals surface area contributed by atoms with Crippen molar-refractivity contribution in [3.05, 3.63) is 64.7 Å². The number of carboxylic acid groups (broad SMARTS) is 1. The highest BCUT2D eigenvalue weighted by atomic mass is 32.2.